The van der Waals surface area contributed by atoms with E-state index in [0.717, 1.165) is 0 Å². The molecule has 8 heteroatoms. The highest BCUT2D eigenvalue weighted by atomic mass is 16.2. The average Bonchev–Trinajstić information content (AvgIpc) is 2.60. The Morgan fingerprint density at radius 1 is 0.875 bits per heavy atom. The molecular formula is C16H18N6O2. The van der Waals surface area contributed by atoms with Gasteiger partial charge in [-0.05, 0) is 48.5 Å². The summed E-state index contributed by atoms with van der Waals surface area (Å²) in [6.45, 7) is -0.282. The number of hydrogen-bond donors (Lipinski definition) is 4. The monoisotopic (exact) mass is 326 g/mol. The third kappa shape index (κ3) is 5.50. The third-order valence-electron chi connectivity index (χ3n) is 2.96. The van der Waals surface area contributed by atoms with Gasteiger partial charge in [-0.1, -0.05) is 0 Å². The van der Waals surface area contributed by atoms with Gasteiger partial charge < -0.3 is 22.1 Å². The zero-order chi connectivity index (χ0) is 17.4. The highest BCUT2D eigenvalue weighted by Gasteiger charge is 2.04. The third-order valence-corrected chi connectivity index (χ3v) is 2.96. The normalized spacial score (nSPS) is 10.5. The van der Waals surface area contributed by atoms with Gasteiger partial charge in [0, 0.05) is 11.4 Å². The van der Waals surface area contributed by atoms with Crippen LogP contribution >= 0.6 is 0 Å². The lowest BCUT2D eigenvalue weighted by Crippen LogP contribution is -2.36. The molecule has 0 atom stereocenters. The molecule has 0 spiro atoms. The molecule has 0 aliphatic rings. The van der Waals surface area contributed by atoms with Crippen molar-refractivity contribution in [3.63, 3.8) is 0 Å². The van der Waals surface area contributed by atoms with Crippen molar-refractivity contribution in [3.8, 4) is 0 Å². The Kier molecular flexibility index (Phi) is 5.98. The maximum absolute atomic E-state index is 11.6. The largest absolute Gasteiger partial charge is 0.399 e. The fraction of sp³-hybridized carbons (Fsp3) is 0.125. The van der Waals surface area contributed by atoms with E-state index in [1.165, 1.54) is 0 Å². The molecule has 0 bridgehead atoms. The molecule has 0 fully saturated rings. The summed E-state index contributed by atoms with van der Waals surface area (Å²) in [5.41, 5.74) is 13.3. The molecule has 0 saturated carbocycles. The van der Waals surface area contributed by atoms with Crippen molar-refractivity contribution in [3.05, 3.63) is 48.5 Å². The molecule has 0 aliphatic carbocycles. The number of benzene rings is 2. The van der Waals surface area contributed by atoms with Crippen molar-refractivity contribution >= 4 is 34.6 Å². The standard InChI is InChI=1S/C16H18N6O2/c17-9-15(23)19-10-16(24)20-12-5-7-14(8-6-12)22-21-13-3-1-11(18)2-4-13/h1-8H,9-10,17-18H2,(H,19,23)(H,20,24). The van der Waals surface area contributed by atoms with Crippen LogP contribution in [0.2, 0.25) is 0 Å². The van der Waals surface area contributed by atoms with E-state index in [1.54, 1.807) is 48.5 Å². The second kappa shape index (κ2) is 8.39. The maximum Gasteiger partial charge on any atom is 0.243 e. The number of nitrogens with one attached hydrogen (secondary N) is 2. The maximum atomic E-state index is 11.6. The van der Waals surface area contributed by atoms with Gasteiger partial charge in [-0.2, -0.15) is 10.2 Å². The van der Waals surface area contributed by atoms with Gasteiger partial charge in [-0.15, -0.1) is 0 Å². The molecule has 0 unspecified atom stereocenters. The summed E-state index contributed by atoms with van der Waals surface area (Å²) >= 11 is 0. The van der Waals surface area contributed by atoms with Crippen LogP contribution in [0.4, 0.5) is 22.7 Å². The van der Waals surface area contributed by atoms with E-state index >= 15 is 0 Å². The highest BCUT2D eigenvalue weighted by molar-refractivity contribution is 5.94. The number of nitrogens with zero attached hydrogens (tertiary/aromatic N) is 2. The highest BCUT2D eigenvalue weighted by Crippen LogP contribution is 2.20. The van der Waals surface area contributed by atoms with Crippen LogP contribution in [0.5, 0.6) is 0 Å². The van der Waals surface area contributed by atoms with E-state index in [-0.39, 0.29) is 24.9 Å². The summed E-state index contributed by atoms with van der Waals surface area (Å²) in [6, 6.07) is 13.8. The Morgan fingerprint density at radius 2 is 1.42 bits per heavy atom. The molecule has 0 aliphatic heterocycles. The van der Waals surface area contributed by atoms with Gasteiger partial charge in [-0.3, -0.25) is 9.59 Å². The van der Waals surface area contributed by atoms with Crippen molar-refractivity contribution in [2.24, 2.45) is 16.0 Å². The van der Waals surface area contributed by atoms with Crippen molar-refractivity contribution in [2.75, 3.05) is 24.1 Å². The molecule has 0 heterocycles. The van der Waals surface area contributed by atoms with Crippen LogP contribution in [0.1, 0.15) is 0 Å². The fourth-order valence-corrected chi connectivity index (χ4v) is 1.72. The molecule has 0 aromatic heterocycles. The lowest BCUT2D eigenvalue weighted by molar-refractivity contribution is -0.123. The number of azo groups is 1. The predicted molar refractivity (Wildman–Crippen MR) is 92.2 cm³/mol. The lowest BCUT2D eigenvalue weighted by Gasteiger charge is -2.06. The van der Waals surface area contributed by atoms with Crippen LogP contribution in [0.25, 0.3) is 0 Å². The fourth-order valence-electron chi connectivity index (χ4n) is 1.72. The average molecular weight is 326 g/mol. The molecule has 2 aromatic rings. The second-order valence-electron chi connectivity index (χ2n) is 4.87. The minimum atomic E-state index is -0.386. The van der Waals surface area contributed by atoms with Gasteiger partial charge in [0.25, 0.3) is 0 Å². The Bertz CT molecular complexity index is 725. The smallest absolute Gasteiger partial charge is 0.243 e. The molecule has 8 nitrogen and oxygen atoms in total. The molecular weight excluding hydrogens is 308 g/mol. The first kappa shape index (κ1) is 17.1. The van der Waals surface area contributed by atoms with Crippen LogP contribution < -0.4 is 22.1 Å². The van der Waals surface area contributed by atoms with Crippen LogP contribution in [0.15, 0.2) is 58.8 Å². The zero-order valence-corrected chi connectivity index (χ0v) is 12.9. The first-order valence-corrected chi connectivity index (χ1v) is 7.21. The van der Waals surface area contributed by atoms with E-state index in [4.69, 9.17) is 11.5 Å². The van der Waals surface area contributed by atoms with Gasteiger partial charge >= 0.3 is 0 Å². The second-order valence-corrected chi connectivity index (χ2v) is 4.87. The molecule has 2 rings (SSSR count). The molecule has 24 heavy (non-hydrogen) atoms. The number of carbonyl (C=O) groups is 2. The van der Waals surface area contributed by atoms with E-state index in [1.807, 2.05) is 0 Å². The number of amides is 2. The lowest BCUT2D eigenvalue weighted by atomic mass is 10.3. The first-order chi connectivity index (χ1) is 11.6. The van der Waals surface area contributed by atoms with Crippen LogP contribution in [0.3, 0.4) is 0 Å². The topological polar surface area (TPSA) is 135 Å². The summed E-state index contributed by atoms with van der Waals surface area (Å²) in [5.74, 6) is -0.725. The number of nitrogens with two attached hydrogens (primary N) is 2. The van der Waals surface area contributed by atoms with E-state index in [0.29, 0.717) is 22.7 Å². The SMILES string of the molecule is NCC(=O)NCC(=O)Nc1ccc(N=Nc2ccc(N)cc2)cc1. The summed E-state index contributed by atoms with van der Waals surface area (Å²) in [7, 11) is 0. The molecule has 124 valence electrons. The van der Waals surface area contributed by atoms with Gasteiger partial charge in [-0.25, -0.2) is 0 Å². The van der Waals surface area contributed by atoms with Crippen molar-refractivity contribution in [1.82, 2.24) is 5.32 Å². The van der Waals surface area contributed by atoms with Crippen molar-refractivity contribution < 1.29 is 9.59 Å². The molecule has 6 N–H and O–H groups in total. The number of anilines is 2. The van der Waals surface area contributed by atoms with E-state index < -0.39 is 0 Å². The molecule has 2 aromatic carbocycles. The summed E-state index contributed by atoms with van der Waals surface area (Å²) in [4.78, 5) is 22.6. The summed E-state index contributed by atoms with van der Waals surface area (Å²) in [6.07, 6.45) is 0. The molecule has 0 radical (unpaired) electrons. The summed E-state index contributed by atoms with van der Waals surface area (Å²) in [5, 5.41) is 13.2. The Labute approximate surface area is 138 Å². The van der Waals surface area contributed by atoms with E-state index in [2.05, 4.69) is 20.9 Å². The predicted octanol–water partition coefficient (Wildman–Crippen LogP) is 1.70. The quantitative estimate of drug-likeness (QED) is 0.474. The Balaban J connectivity index is 1.89. The number of hydrogen-bond acceptors (Lipinski definition) is 6. The zero-order valence-electron chi connectivity index (χ0n) is 12.9. The minimum absolute atomic E-state index is 0.130. The first-order valence-electron chi connectivity index (χ1n) is 7.21. The minimum Gasteiger partial charge on any atom is -0.399 e. The Hall–Kier alpha value is -3.26. The van der Waals surface area contributed by atoms with Gasteiger partial charge in [0.2, 0.25) is 11.8 Å². The van der Waals surface area contributed by atoms with Crippen LogP contribution in [-0.4, -0.2) is 24.9 Å². The van der Waals surface area contributed by atoms with Gasteiger partial charge in [0.05, 0.1) is 24.5 Å². The number of carbonyl (C=O) groups excluding carboxylic acids is 2. The van der Waals surface area contributed by atoms with Gasteiger partial charge in [0.15, 0.2) is 0 Å². The van der Waals surface area contributed by atoms with Gasteiger partial charge in [0.1, 0.15) is 0 Å². The molecule has 0 saturated heterocycles. The van der Waals surface area contributed by atoms with Crippen molar-refractivity contribution in [2.45, 2.75) is 0 Å². The Morgan fingerprint density at radius 3 is 1.96 bits per heavy atom. The summed E-state index contributed by atoms with van der Waals surface area (Å²) < 4.78 is 0. The number of nitrogen functional groups attached to an aromatic ring is 1. The van der Waals surface area contributed by atoms with Crippen molar-refractivity contribution in [1.29, 1.82) is 0 Å². The van der Waals surface area contributed by atoms with Crippen LogP contribution in [0, 0.1) is 0 Å². The molecule has 2 amide bonds. The van der Waals surface area contributed by atoms with E-state index in [9.17, 15) is 9.59 Å². The van der Waals surface area contributed by atoms with Crippen LogP contribution in [-0.2, 0) is 9.59 Å². The number of rotatable bonds is 6.